The van der Waals surface area contributed by atoms with Gasteiger partial charge >= 0.3 is 6.03 Å². The number of nitrogens with one attached hydrogen (secondary N) is 2. The van der Waals surface area contributed by atoms with Crippen molar-refractivity contribution in [1.29, 1.82) is 0 Å². The molecule has 13 heavy (non-hydrogen) atoms. The van der Waals surface area contributed by atoms with Gasteiger partial charge in [0.25, 0.3) is 0 Å². The molecule has 5 heteroatoms. The molecule has 1 rings (SSSR count). The van der Waals surface area contributed by atoms with Crippen LogP contribution in [0, 0.1) is 5.41 Å². The molecular formula is C8H15N3O2. The van der Waals surface area contributed by atoms with Crippen LogP contribution in [0.2, 0.25) is 0 Å². The molecule has 1 saturated carbocycles. The lowest BCUT2D eigenvalue weighted by Crippen LogP contribution is -2.49. The number of carbonyl (C=O) groups excluding carboxylic acids is 2. The highest BCUT2D eigenvalue weighted by Gasteiger charge is 2.36. The Labute approximate surface area is 77.0 Å². The molecule has 0 radical (unpaired) electrons. The summed E-state index contributed by atoms with van der Waals surface area (Å²) in [4.78, 5) is 21.8. The molecule has 0 spiro atoms. The van der Waals surface area contributed by atoms with E-state index in [0.29, 0.717) is 0 Å². The van der Waals surface area contributed by atoms with E-state index in [9.17, 15) is 9.59 Å². The molecular weight excluding hydrogens is 170 g/mol. The maximum absolute atomic E-state index is 11.5. The summed E-state index contributed by atoms with van der Waals surface area (Å²) in [6.45, 7) is 1.90. The Morgan fingerprint density at radius 3 is 2.23 bits per heavy atom. The van der Waals surface area contributed by atoms with Crippen LogP contribution < -0.4 is 16.6 Å². The second-order valence-electron chi connectivity index (χ2n) is 3.71. The molecule has 0 heterocycles. The minimum Gasteiger partial charge on any atom is -0.350 e. The van der Waals surface area contributed by atoms with Crippen molar-refractivity contribution in [2.75, 3.05) is 0 Å². The third-order valence-electron chi connectivity index (χ3n) is 2.55. The summed E-state index contributed by atoms with van der Waals surface area (Å²) in [7, 11) is 0. The molecule has 0 aliphatic heterocycles. The summed E-state index contributed by atoms with van der Waals surface area (Å²) in [5.74, 6) is -0.149. The van der Waals surface area contributed by atoms with Crippen molar-refractivity contribution in [3.05, 3.63) is 0 Å². The Bertz CT molecular complexity index is 221. The van der Waals surface area contributed by atoms with Crippen LogP contribution in [0.1, 0.15) is 32.6 Å². The first-order valence-corrected chi connectivity index (χ1v) is 4.40. The van der Waals surface area contributed by atoms with Gasteiger partial charge in [-0.25, -0.2) is 10.2 Å². The minimum atomic E-state index is -0.741. The van der Waals surface area contributed by atoms with Gasteiger partial charge in [-0.1, -0.05) is 19.8 Å². The van der Waals surface area contributed by atoms with Gasteiger partial charge in [0.05, 0.1) is 0 Å². The first-order chi connectivity index (χ1) is 6.04. The van der Waals surface area contributed by atoms with Crippen molar-refractivity contribution in [3.8, 4) is 0 Å². The number of rotatable bonds is 1. The first kappa shape index (κ1) is 9.83. The van der Waals surface area contributed by atoms with Crippen molar-refractivity contribution in [2.45, 2.75) is 32.6 Å². The van der Waals surface area contributed by atoms with Crippen molar-refractivity contribution in [2.24, 2.45) is 11.1 Å². The maximum atomic E-state index is 11.5. The third-order valence-corrected chi connectivity index (χ3v) is 2.55. The van der Waals surface area contributed by atoms with E-state index in [1.807, 2.05) is 6.92 Å². The highest BCUT2D eigenvalue weighted by atomic mass is 16.2. The fourth-order valence-electron chi connectivity index (χ4n) is 1.65. The zero-order valence-corrected chi connectivity index (χ0v) is 7.72. The van der Waals surface area contributed by atoms with Crippen molar-refractivity contribution < 1.29 is 9.59 Å². The number of primary amides is 1. The molecule has 0 aromatic rings. The van der Waals surface area contributed by atoms with Gasteiger partial charge in [0.2, 0.25) is 5.91 Å². The molecule has 0 unspecified atom stereocenters. The van der Waals surface area contributed by atoms with Crippen LogP contribution >= 0.6 is 0 Å². The molecule has 1 aliphatic carbocycles. The number of urea groups is 1. The van der Waals surface area contributed by atoms with E-state index in [0.717, 1.165) is 25.7 Å². The quantitative estimate of drug-likeness (QED) is 0.512. The Hall–Kier alpha value is -1.26. The summed E-state index contributed by atoms with van der Waals surface area (Å²) < 4.78 is 0. The highest BCUT2D eigenvalue weighted by Crippen LogP contribution is 2.37. The predicted molar refractivity (Wildman–Crippen MR) is 47.4 cm³/mol. The first-order valence-electron chi connectivity index (χ1n) is 4.40. The van der Waals surface area contributed by atoms with Crippen LogP contribution in [0.15, 0.2) is 0 Å². The predicted octanol–water partition coefficient (Wildman–Crippen LogP) is 0.266. The fraction of sp³-hybridized carbons (Fsp3) is 0.750. The summed E-state index contributed by atoms with van der Waals surface area (Å²) >= 11 is 0. The van der Waals surface area contributed by atoms with E-state index in [-0.39, 0.29) is 11.3 Å². The molecule has 3 amide bonds. The molecule has 0 aromatic heterocycles. The topological polar surface area (TPSA) is 84.2 Å². The fourth-order valence-corrected chi connectivity index (χ4v) is 1.65. The van der Waals surface area contributed by atoms with Crippen LogP contribution in [0.4, 0.5) is 4.79 Å². The van der Waals surface area contributed by atoms with Crippen LogP contribution in [0.3, 0.4) is 0 Å². The average Bonchev–Trinajstić information content (AvgIpc) is 2.49. The van der Waals surface area contributed by atoms with Crippen LogP contribution in [-0.2, 0) is 4.79 Å². The second kappa shape index (κ2) is 3.64. The molecule has 74 valence electrons. The van der Waals surface area contributed by atoms with Gasteiger partial charge < -0.3 is 5.73 Å². The normalized spacial score (nSPS) is 19.5. The van der Waals surface area contributed by atoms with E-state index in [1.165, 1.54) is 0 Å². The Morgan fingerprint density at radius 1 is 1.23 bits per heavy atom. The maximum Gasteiger partial charge on any atom is 0.330 e. The van der Waals surface area contributed by atoms with Crippen LogP contribution in [-0.4, -0.2) is 11.9 Å². The highest BCUT2D eigenvalue weighted by molar-refractivity contribution is 5.84. The molecule has 0 bridgehead atoms. The largest absolute Gasteiger partial charge is 0.350 e. The molecule has 5 nitrogen and oxygen atoms in total. The number of hydrazine groups is 1. The van der Waals surface area contributed by atoms with E-state index in [4.69, 9.17) is 5.73 Å². The minimum absolute atomic E-state index is 0.149. The Kier molecular flexibility index (Phi) is 2.75. The number of hydrogen-bond acceptors (Lipinski definition) is 2. The lowest BCUT2D eigenvalue weighted by Gasteiger charge is -2.21. The molecule has 0 atom stereocenters. The lowest BCUT2D eigenvalue weighted by molar-refractivity contribution is -0.130. The Balaban J connectivity index is 2.42. The SMILES string of the molecule is CC1(C(=O)NNC(N)=O)CCCC1. The van der Waals surface area contributed by atoms with Gasteiger partial charge in [0.1, 0.15) is 0 Å². The molecule has 4 N–H and O–H groups in total. The van der Waals surface area contributed by atoms with E-state index < -0.39 is 6.03 Å². The number of nitrogens with two attached hydrogens (primary N) is 1. The summed E-state index contributed by atoms with van der Waals surface area (Å²) in [6, 6.07) is -0.741. The monoisotopic (exact) mass is 185 g/mol. The zero-order valence-electron chi connectivity index (χ0n) is 7.72. The van der Waals surface area contributed by atoms with E-state index in [2.05, 4.69) is 10.9 Å². The van der Waals surface area contributed by atoms with Gasteiger partial charge in [-0.15, -0.1) is 0 Å². The van der Waals surface area contributed by atoms with Gasteiger partial charge in [-0.3, -0.25) is 10.2 Å². The van der Waals surface area contributed by atoms with Crippen molar-refractivity contribution >= 4 is 11.9 Å². The summed E-state index contributed by atoms with van der Waals surface area (Å²) in [5.41, 5.74) is 8.87. The zero-order chi connectivity index (χ0) is 9.90. The van der Waals surface area contributed by atoms with Gasteiger partial charge in [-0.2, -0.15) is 0 Å². The van der Waals surface area contributed by atoms with Gasteiger partial charge in [-0.05, 0) is 12.8 Å². The smallest absolute Gasteiger partial charge is 0.330 e. The van der Waals surface area contributed by atoms with Crippen molar-refractivity contribution in [1.82, 2.24) is 10.9 Å². The summed E-state index contributed by atoms with van der Waals surface area (Å²) in [5, 5.41) is 0. The van der Waals surface area contributed by atoms with Crippen molar-refractivity contribution in [3.63, 3.8) is 0 Å². The van der Waals surface area contributed by atoms with Crippen LogP contribution in [0.5, 0.6) is 0 Å². The van der Waals surface area contributed by atoms with E-state index >= 15 is 0 Å². The Morgan fingerprint density at radius 2 is 1.77 bits per heavy atom. The number of hydrogen-bond donors (Lipinski definition) is 3. The number of carbonyl (C=O) groups is 2. The molecule has 0 saturated heterocycles. The van der Waals surface area contributed by atoms with Gasteiger partial charge in [0.15, 0.2) is 0 Å². The standard InChI is InChI=1S/C8H15N3O2/c1-8(4-2-3-5-8)6(12)10-11-7(9)13/h2-5H2,1H3,(H,10,12)(H3,9,11,13). The second-order valence-corrected chi connectivity index (χ2v) is 3.71. The van der Waals surface area contributed by atoms with Crippen LogP contribution in [0.25, 0.3) is 0 Å². The number of amides is 3. The van der Waals surface area contributed by atoms with E-state index in [1.54, 1.807) is 0 Å². The average molecular weight is 185 g/mol. The summed E-state index contributed by atoms with van der Waals surface area (Å²) in [6.07, 6.45) is 3.89. The molecule has 1 aliphatic rings. The molecule has 0 aromatic carbocycles. The molecule has 1 fully saturated rings. The lowest BCUT2D eigenvalue weighted by atomic mass is 9.88. The third kappa shape index (κ3) is 2.34. The van der Waals surface area contributed by atoms with Gasteiger partial charge in [0, 0.05) is 5.41 Å².